The van der Waals surface area contributed by atoms with Crippen molar-refractivity contribution in [3.05, 3.63) is 24.3 Å². The van der Waals surface area contributed by atoms with E-state index in [-0.39, 0.29) is 23.7 Å². The largest absolute Gasteiger partial charge is 0.378 e. The molecule has 1 saturated heterocycles. The van der Waals surface area contributed by atoms with E-state index in [2.05, 4.69) is 15.5 Å². The topological polar surface area (TPSA) is 70.7 Å². The van der Waals surface area contributed by atoms with Gasteiger partial charge in [-0.15, -0.1) is 0 Å². The standard InChI is InChI=1S/C22H33N3O3/c1-16(2)20(24-21(26)17-6-4-3-5-7-17)22(27)23-18-8-10-19(11-9-18)25-12-14-28-15-13-25/h8-11,16-17,20H,3-7,12-15H2,1-2H3,(H,23,27)(H,24,26). The van der Waals surface area contributed by atoms with Crippen LogP contribution < -0.4 is 15.5 Å². The van der Waals surface area contributed by atoms with Crippen LogP contribution in [-0.4, -0.2) is 44.2 Å². The molecule has 1 aliphatic heterocycles. The molecular weight excluding hydrogens is 354 g/mol. The van der Waals surface area contributed by atoms with Crippen LogP contribution in [0.15, 0.2) is 24.3 Å². The van der Waals surface area contributed by atoms with Crippen molar-refractivity contribution >= 4 is 23.2 Å². The summed E-state index contributed by atoms with van der Waals surface area (Å²) in [6, 6.07) is 7.36. The lowest BCUT2D eigenvalue weighted by molar-refractivity contribution is -0.130. The van der Waals surface area contributed by atoms with Crippen molar-refractivity contribution in [1.82, 2.24) is 5.32 Å². The molecule has 1 saturated carbocycles. The molecule has 1 atom stereocenters. The van der Waals surface area contributed by atoms with Crippen LogP contribution in [0.1, 0.15) is 46.0 Å². The highest BCUT2D eigenvalue weighted by molar-refractivity contribution is 5.97. The van der Waals surface area contributed by atoms with Gasteiger partial charge in [0.15, 0.2) is 0 Å². The summed E-state index contributed by atoms with van der Waals surface area (Å²) in [6.45, 7) is 7.19. The number of hydrogen-bond donors (Lipinski definition) is 2. The molecule has 2 fully saturated rings. The molecule has 0 spiro atoms. The van der Waals surface area contributed by atoms with Gasteiger partial charge in [0.2, 0.25) is 11.8 Å². The Labute approximate surface area is 168 Å². The Hall–Kier alpha value is -2.08. The van der Waals surface area contributed by atoms with Crippen LogP contribution in [0.5, 0.6) is 0 Å². The Morgan fingerprint density at radius 3 is 2.29 bits per heavy atom. The van der Waals surface area contributed by atoms with Crippen molar-refractivity contribution in [2.24, 2.45) is 11.8 Å². The van der Waals surface area contributed by atoms with E-state index in [1.54, 1.807) is 0 Å². The molecule has 28 heavy (non-hydrogen) atoms. The molecule has 1 unspecified atom stereocenters. The summed E-state index contributed by atoms with van der Waals surface area (Å²) in [5, 5.41) is 5.96. The van der Waals surface area contributed by atoms with E-state index in [1.807, 2.05) is 38.1 Å². The average Bonchev–Trinajstić information content (AvgIpc) is 2.73. The van der Waals surface area contributed by atoms with Gasteiger partial charge in [-0.2, -0.15) is 0 Å². The van der Waals surface area contributed by atoms with E-state index in [9.17, 15) is 9.59 Å². The summed E-state index contributed by atoms with van der Waals surface area (Å²) >= 11 is 0. The second kappa shape index (κ2) is 9.92. The third kappa shape index (κ3) is 5.47. The highest BCUT2D eigenvalue weighted by atomic mass is 16.5. The van der Waals surface area contributed by atoms with Gasteiger partial charge in [0, 0.05) is 30.4 Å². The summed E-state index contributed by atoms with van der Waals surface area (Å²) < 4.78 is 5.39. The van der Waals surface area contributed by atoms with Crippen molar-refractivity contribution in [2.75, 3.05) is 36.5 Å². The maximum Gasteiger partial charge on any atom is 0.247 e. The number of carbonyl (C=O) groups is 2. The van der Waals surface area contributed by atoms with E-state index >= 15 is 0 Å². The van der Waals surface area contributed by atoms with Crippen molar-refractivity contribution < 1.29 is 14.3 Å². The number of carbonyl (C=O) groups excluding carboxylic acids is 2. The number of hydrogen-bond acceptors (Lipinski definition) is 4. The van der Waals surface area contributed by atoms with Crippen molar-refractivity contribution in [3.63, 3.8) is 0 Å². The minimum absolute atomic E-state index is 0.0243. The Kier molecular flexibility index (Phi) is 7.31. The molecule has 6 nitrogen and oxygen atoms in total. The number of anilines is 2. The predicted octanol–water partition coefficient (Wildman–Crippen LogP) is 3.18. The molecule has 1 aromatic carbocycles. The van der Waals surface area contributed by atoms with E-state index in [4.69, 9.17) is 4.74 Å². The van der Waals surface area contributed by atoms with Crippen LogP contribution >= 0.6 is 0 Å². The third-order valence-electron chi connectivity index (χ3n) is 5.73. The first-order valence-electron chi connectivity index (χ1n) is 10.6. The zero-order chi connectivity index (χ0) is 19.9. The van der Waals surface area contributed by atoms with E-state index in [0.29, 0.717) is 0 Å². The summed E-state index contributed by atoms with van der Waals surface area (Å²) in [5.74, 6) is -0.0507. The summed E-state index contributed by atoms with van der Waals surface area (Å²) in [6.07, 6.45) is 5.28. The normalized spacial score (nSPS) is 19.3. The summed E-state index contributed by atoms with van der Waals surface area (Å²) in [7, 11) is 0. The number of ether oxygens (including phenoxy) is 1. The third-order valence-corrected chi connectivity index (χ3v) is 5.73. The Bertz CT molecular complexity index is 647. The van der Waals surface area contributed by atoms with Gasteiger partial charge in [0.25, 0.3) is 0 Å². The summed E-state index contributed by atoms with van der Waals surface area (Å²) in [5.41, 5.74) is 1.88. The highest BCUT2D eigenvalue weighted by Crippen LogP contribution is 2.24. The van der Waals surface area contributed by atoms with Crippen molar-refractivity contribution in [2.45, 2.75) is 52.0 Å². The van der Waals surface area contributed by atoms with Gasteiger partial charge in [-0.1, -0.05) is 33.1 Å². The number of rotatable bonds is 6. The van der Waals surface area contributed by atoms with Crippen molar-refractivity contribution in [3.8, 4) is 0 Å². The van der Waals surface area contributed by atoms with Gasteiger partial charge in [0.05, 0.1) is 13.2 Å². The lowest BCUT2D eigenvalue weighted by Crippen LogP contribution is -2.49. The SMILES string of the molecule is CC(C)C(NC(=O)C1CCCCC1)C(=O)Nc1ccc(N2CCOCC2)cc1. The van der Waals surface area contributed by atoms with Crippen molar-refractivity contribution in [1.29, 1.82) is 0 Å². The van der Waals surface area contributed by atoms with Gasteiger partial charge in [-0.3, -0.25) is 9.59 Å². The minimum atomic E-state index is -0.520. The first-order valence-corrected chi connectivity index (χ1v) is 10.6. The fourth-order valence-electron chi connectivity index (χ4n) is 3.97. The zero-order valence-electron chi connectivity index (χ0n) is 17.1. The molecule has 154 valence electrons. The molecule has 1 aliphatic carbocycles. The molecule has 0 bridgehead atoms. The number of nitrogens with one attached hydrogen (secondary N) is 2. The smallest absolute Gasteiger partial charge is 0.247 e. The van der Waals surface area contributed by atoms with Gasteiger partial charge in [0.1, 0.15) is 6.04 Å². The Balaban J connectivity index is 1.57. The fourth-order valence-corrected chi connectivity index (χ4v) is 3.97. The van der Waals surface area contributed by atoms with Crippen LogP contribution in [0.2, 0.25) is 0 Å². The van der Waals surface area contributed by atoms with E-state index in [0.717, 1.165) is 63.4 Å². The summed E-state index contributed by atoms with van der Waals surface area (Å²) in [4.78, 5) is 27.7. The van der Waals surface area contributed by atoms with Gasteiger partial charge in [-0.05, 0) is 43.0 Å². The van der Waals surface area contributed by atoms with Crippen LogP contribution in [-0.2, 0) is 14.3 Å². The Morgan fingerprint density at radius 2 is 1.68 bits per heavy atom. The molecule has 3 rings (SSSR count). The molecule has 2 N–H and O–H groups in total. The van der Waals surface area contributed by atoms with Gasteiger partial charge < -0.3 is 20.3 Å². The molecule has 0 aromatic heterocycles. The molecule has 6 heteroatoms. The maximum atomic E-state index is 12.8. The van der Waals surface area contributed by atoms with Gasteiger partial charge >= 0.3 is 0 Å². The van der Waals surface area contributed by atoms with Crippen LogP contribution in [0, 0.1) is 11.8 Å². The van der Waals surface area contributed by atoms with E-state index < -0.39 is 6.04 Å². The Morgan fingerprint density at radius 1 is 1.04 bits per heavy atom. The second-order valence-corrected chi connectivity index (χ2v) is 8.20. The number of morpholine rings is 1. The minimum Gasteiger partial charge on any atom is -0.378 e. The van der Waals surface area contributed by atoms with Gasteiger partial charge in [-0.25, -0.2) is 0 Å². The molecule has 1 heterocycles. The van der Waals surface area contributed by atoms with E-state index in [1.165, 1.54) is 6.42 Å². The highest BCUT2D eigenvalue weighted by Gasteiger charge is 2.28. The van der Waals surface area contributed by atoms with Crippen LogP contribution in [0.4, 0.5) is 11.4 Å². The first-order chi connectivity index (χ1) is 13.5. The number of benzene rings is 1. The average molecular weight is 388 g/mol. The molecular formula is C22H33N3O3. The molecule has 1 aromatic rings. The molecule has 2 amide bonds. The monoisotopic (exact) mass is 387 g/mol. The molecule has 2 aliphatic rings. The first kappa shape index (κ1) is 20.6. The number of nitrogens with zero attached hydrogens (tertiary/aromatic N) is 1. The maximum absolute atomic E-state index is 12.8. The quantitative estimate of drug-likeness (QED) is 0.786. The fraction of sp³-hybridized carbons (Fsp3) is 0.636. The molecule has 0 radical (unpaired) electrons. The zero-order valence-corrected chi connectivity index (χ0v) is 17.1. The van der Waals surface area contributed by atoms with Crippen LogP contribution in [0.3, 0.4) is 0 Å². The lowest BCUT2D eigenvalue weighted by Gasteiger charge is -2.29. The van der Waals surface area contributed by atoms with Crippen LogP contribution in [0.25, 0.3) is 0 Å². The lowest BCUT2D eigenvalue weighted by atomic mass is 9.88. The predicted molar refractivity (Wildman–Crippen MR) is 111 cm³/mol. The second-order valence-electron chi connectivity index (χ2n) is 8.20. The number of amides is 2.